The molecular weight excluding hydrogens is 520 g/mol. The zero-order valence-corrected chi connectivity index (χ0v) is 22.1. The molecule has 1 saturated heterocycles. The molecule has 0 bridgehead atoms. The number of thiazole rings is 1. The molecule has 0 saturated carbocycles. The van der Waals surface area contributed by atoms with Gasteiger partial charge in [-0.1, -0.05) is 6.07 Å². The number of ether oxygens (including phenoxy) is 2. The molecule has 2 N–H and O–H groups in total. The SMILES string of the molecule is COC[C@@H](NC(=O)c1ccn(S(=O)[O-])c1)C(=O)Nc1nc(-c2cccc(N3C[C@@H](C)O[C@@H](C)C3)n2)cs1. The van der Waals surface area contributed by atoms with Gasteiger partial charge in [-0.15, -0.1) is 11.3 Å². The van der Waals surface area contributed by atoms with E-state index < -0.39 is 29.1 Å². The fraction of sp³-hybridized carbons (Fsp3) is 0.391. The molecule has 0 aromatic carbocycles. The lowest BCUT2D eigenvalue weighted by Gasteiger charge is -2.36. The summed E-state index contributed by atoms with van der Waals surface area (Å²) in [5.74, 6) is -0.314. The molecule has 1 aliphatic rings. The van der Waals surface area contributed by atoms with Crippen molar-refractivity contribution in [1.29, 1.82) is 0 Å². The number of morpholine rings is 1. The molecule has 1 fully saturated rings. The highest BCUT2D eigenvalue weighted by Crippen LogP contribution is 2.26. The number of nitrogens with zero attached hydrogens (tertiary/aromatic N) is 4. The summed E-state index contributed by atoms with van der Waals surface area (Å²) in [6.45, 7) is 5.46. The molecule has 37 heavy (non-hydrogen) atoms. The lowest BCUT2D eigenvalue weighted by atomic mass is 10.2. The first-order chi connectivity index (χ1) is 17.7. The van der Waals surface area contributed by atoms with Crippen molar-refractivity contribution in [3.8, 4) is 11.4 Å². The molecule has 1 aliphatic heterocycles. The van der Waals surface area contributed by atoms with Crippen molar-refractivity contribution >= 4 is 45.4 Å². The van der Waals surface area contributed by atoms with Crippen LogP contribution in [-0.4, -0.2) is 79.6 Å². The molecule has 198 valence electrons. The van der Waals surface area contributed by atoms with Gasteiger partial charge in [0.1, 0.15) is 17.6 Å². The quantitative estimate of drug-likeness (QED) is 0.381. The minimum atomic E-state index is -2.53. The Morgan fingerprint density at radius 3 is 2.68 bits per heavy atom. The molecule has 3 aromatic rings. The Bertz CT molecular complexity index is 1270. The first kappa shape index (κ1) is 26.9. The zero-order chi connectivity index (χ0) is 26.5. The van der Waals surface area contributed by atoms with Crippen LogP contribution in [-0.2, 0) is 25.5 Å². The van der Waals surface area contributed by atoms with Gasteiger partial charge in [-0.05, 0) is 32.0 Å². The largest absolute Gasteiger partial charge is 0.755 e. The molecule has 3 aromatic heterocycles. The maximum absolute atomic E-state index is 12.9. The summed E-state index contributed by atoms with van der Waals surface area (Å²) in [5, 5.41) is 7.39. The lowest BCUT2D eigenvalue weighted by Crippen LogP contribution is -2.46. The molecule has 1 unspecified atom stereocenters. The number of hydrogen-bond donors (Lipinski definition) is 2. The smallest absolute Gasteiger partial charge is 0.253 e. The molecule has 14 heteroatoms. The van der Waals surface area contributed by atoms with Gasteiger partial charge in [0.15, 0.2) is 5.13 Å². The summed E-state index contributed by atoms with van der Waals surface area (Å²) in [6, 6.07) is 6.02. The van der Waals surface area contributed by atoms with Gasteiger partial charge in [-0.3, -0.25) is 17.8 Å². The molecule has 4 rings (SSSR count). The second-order valence-electron chi connectivity index (χ2n) is 8.53. The molecule has 12 nitrogen and oxygen atoms in total. The van der Waals surface area contributed by atoms with Crippen molar-refractivity contribution in [1.82, 2.24) is 19.3 Å². The van der Waals surface area contributed by atoms with Crippen molar-refractivity contribution in [2.45, 2.75) is 32.1 Å². The number of anilines is 2. The van der Waals surface area contributed by atoms with Crippen molar-refractivity contribution in [3.05, 3.63) is 47.6 Å². The minimum Gasteiger partial charge on any atom is -0.755 e. The van der Waals surface area contributed by atoms with Gasteiger partial charge in [-0.2, -0.15) is 0 Å². The zero-order valence-electron chi connectivity index (χ0n) is 20.4. The number of hydrogen-bond acceptors (Lipinski definition) is 10. The first-order valence-corrected chi connectivity index (χ1v) is 13.4. The van der Waals surface area contributed by atoms with E-state index in [1.54, 1.807) is 5.38 Å². The van der Waals surface area contributed by atoms with Gasteiger partial charge >= 0.3 is 0 Å². The fourth-order valence-electron chi connectivity index (χ4n) is 3.94. The maximum atomic E-state index is 12.9. The van der Waals surface area contributed by atoms with Crippen molar-refractivity contribution < 1.29 is 27.8 Å². The third-order valence-electron chi connectivity index (χ3n) is 5.53. The molecule has 2 amide bonds. The average molecular weight is 548 g/mol. The highest BCUT2D eigenvalue weighted by Gasteiger charge is 2.25. The number of nitrogens with one attached hydrogen (secondary N) is 2. The number of pyridine rings is 1. The normalized spacial score (nSPS) is 19.3. The Morgan fingerprint density at radius 2 is 2.00 bits per heavy atom. The van der Waals surface area contributed by atoms with E-state index in [1.807, 2.05) is 32.0 Å². The summed E-state index contributed by atoms with van der Waals surface area (Å²) in [7, 11) is 1.40. The van der Waals surface area contributed by atoms with Gasteiger partial charge in [0.05, 0.1) is 41.3 Å². The Hall–Kier alpha value is -3.17. The Labute approximate surface area is 220 Å². The van der Waals surface area contributed by atoms with E-state index in [1.165, 1.54) is 30.7 Å². The van der Waals surface area contributed by atoms with E-state index in [-0.39, 0.29) is 24.4 Å². The Kier molecular flexibility index (Phi) is 8.66. The predicted octanol–water partition coefficient (Wildman–Crippen LogP) is 1.65. The maximum Gasteiger partial charge on any atom is 0.253 e. The monoisotopic (exact) mass is 547 g/mol. The van der Waals surface area contributed by atoms with Crippen molar-refractivity contribution in [2.75, 3.05) is 37.0 Å². The number of carbonyl (C=O) groups excluding carboxylic acids is 2. The molecule has 4 atom stereocenters. The van der Waals surface area contributed by atoms with Gasteiger partial charge in [-0.25, -0.2) is 9.97 Å². The third kappa shape index (κ3) is 6.78. The van der Waals surface area contributed by atoms with Crippen LogP contribution in [0.15, 0.2) is 42.0 Å². The summed E-state index contributed by atoms with van der Waals surface area (Å²) in [4.78, 5) is 36.8. The second kappa shape index (κ2) is 11.9. The van der Waals surface area contributed by atoms with E-state index in [2.05, 4.69) is 20.5 Å². The van der Waals surface area contributed by atoms with E-state index in [0.29, 0.717) is 16.5 Å². The highest BCUT2D eigenvalue weighted by atomic mass is 32.2. The molecular formula is C23H27N6O6S2-. The van der Waals surface area contributed by atoms with Crippen molar-refractivity contribution in [2.24, 2.45) is 0 Å². The van der Waals surface area contributed by atoms with Crippen LogP contribution in [0.4, 0.5) is 10.9 Å². The van der Waals surface area contributed by atoms with E-state index in [9.17, 15) is 18.4 Å². The van der Waals surface area contributed by atoms with Gasteiger partial charge in [0.2, 0.25) is 0 Å². The van der Waals surface area contributed by atoms with Crippen LogP contribution in [0.1, 0.15) is 24.2 Å². The summed E-state index contributed by atoms with van der Waals surface area (Å²) < 4.78 is 33.8. The minimum absolute atomic E-state index is 0.0876. The average Bonchev–Trinajstić information content (AvgIpc) is 3.54. The molecule has 0 aliphatic carbocycles. The van der Waals surface area contributed by atoms with Crippen LogP contribution in [0.3, 0.4) is 0 Å². The first-order valence-electron chi connectivity index (χ1n) is 11.4. The Balaban J connectivity index is 1.42. The van der Waals surface area contributed by atoms with Crippen LogP contribution in [0.25, 0.3) is 11.4 Å². The number of amides is 2. The number of carbonyl (C=O) groups is 2. The van der Waals surface area contributed by atoms with E-state index in [0.717, 1.165) is 29.1 Å². The van der Waals surface area contributed by atoms with Gasteiger partial charge in [0.25, 0.3) is 11.8 Å². The Morgan fingerprint density at radius 1 is 1.24 bits per heavy atom. The summed E-state index contributed by atoms with van der Waals surface area (Å²) in [5.41, 5.74) is 1.36. The molecule has 0 radical (unpaired) electrons. The van der Waals surface area contributed by atoms with Crippen molar-refractivity contribution in [3.63, 3.8) is 0 Å². The van der Waals surface area contributed by atoms with Crippen LogP contribution >= 0.6 is 11.3 Å². The standard InChI is InChI=1S/C23H28N6O6S2/c1-14-9-28(10-15(2)35-14)20-6-4-5-17(24-20)19-13-36-23(26-19)27-22(31)18(12-34-3)25-21(30)16-7-8-29(11-16)37(32)33/h4-8,11,13-15,18H,9-10,12H2,1-3H3,(H,25,30)(H,32,33)(H,26,27,31)/p-1/t14-,15+,18-/m1/s1. The fourth-order valence-corrected chi connectivity index (χ4v) is 5.01. The van der Waals surface area contributed by atoms with Crippen LogP contribution in [0.5, 0.6) is 0 Å². The number of aromatic nitrogens is 3. The van der Waals surface area contributed by atoms with E-state index in [4.69, 9.17) is 14.5 Å². The van der Waals surface area contributed by atoms with Crippen LogP contribution in [0.2, 0.25) is 0 Å². The third-order valence-corrected chi connectivity index (χ3v) is 6.86. The number of methoxy groups -OCH3 is 1. The van der Waals surface area contributed by atoms with E-state index >= 15 is 0 Å². The second-order valence-corrected chi connectivity index (χ2v) is 10.2. The predicted molar refractivity (Wildman–Crippen MR) is 138 cm³/mol. The topological polar surface area (TPSA) is 151 Å². The van der Waals surface area contributed by atoms with Gasteiger partial charge in [0, 0.05) is 38.0 Å². The van der Waals surface area contributed by atoms with Crippen LogP contribution in [0, 0.1) is 0 Å². The molecule has 4 heterocycles. The highest BCUT2D eigenvalue weighted by molar-refractivity contribution is 7.77. The lowest BCUT2D eigenvalue weighted by molar-refractivity contribution is -0.119. The summed E-state index contributed by atoms with van der Waals surface area (Å²) in [6.07, 6.45) is 2.58. The van der Waals surface area contributed by atoms with Gasteiger partial charge < -0.3 is 29.6 Å². The summed E-state index contributed by atoms with van der Waals surface area (Å²) >= 11 is -1.30. The number of rotatable bonds is 9. The van der Waals surface area contributed by atoms with Crippen LogP contribution < -0.4 is 15.5 Å². The molecule has 0 spiro atoms.